The number of carbonyl (C=O) groups excluding carboxylic acids is 1. The summed E-state index contributed by atoms with van der Waals surface area (Å²) in [4.78, 5) is 14.3. The lowest BCUT2D eigenvalue weighted by atomic mass is 10.2. The number of hydrogen-bond donors (Lipinski definition) is 2. The van der Waals surface area contributed by atoms with Crippen molar-refractivity contribution in [1.29, 1.82) is 0 Å². The Hall–Kier alpha value is -1.59. The smallest absolute Gasteiger partial charge is 0.237 e. The quantitative estimate of drug-likeness (QED) is 0.728. The van der Waals surface area contributed by atoms with Crippen molar-refractivity contribution < 1.29 is 9.53 Å². The molecule has 1 aromatic carbocycles. The Morgan fingerprint density at radius 2 is 2.04 bits per heavy atom. The normalized spacial score (nSPS) is 17.4. The predicted molar refractivity (Wildman–Crippen MR) is 92.6 cm³/mol. The molecule has 1 aromatic rings. The first-order valence-corrected chi connectivity index (χ1v) is 8.68. The van der Waals surface area contributed by atoms with Crippen LogP contribution in [0.15, 0.2) is 24.3 Å². The molecular weight excluding hydrogens is 290 g/mol. The highest BCUT2D eigenvalue weighted by Crippen LogP contribution is 2.12. The zero-order valence-electron chi connectivity index (χ0n) is 14.3. The number of ether oxygens (including phenoxy) is 1. The van der Waals surface area contributed by atoms with Crippen LogP contribution in [0.25, 0.3) is 0 Å². The molecule has 1 aliphatic heterocycles. The first kappa shape index (κ1) is 17.8. The molecule has 0 bridgehead atoms. The van der Waals surface area contributed by atoms with Gasteiger partial charge in [0, 0.05) is 13.1 Å². The van der Waals surface area contributed by atoms with Crippen LogP contribution in [0.4, 0.5) is 0 Å². The molecule has 1 amide bonds. The molecule has 23 heavy (non-hydrogen) atoms. The molecule has 1 aliphatic rings. The molecule has 0 aliphatic carbocycles. The highest BCUT2D eigenvalue weighted by molar-refractivity contribution is 5.81. The van der Waals surface area contributed by atoms with Gasteiger partial charge in [0.05, 0.1) is 6.04 Å². The van der Waals surface area contributed by atoms with E-state index in [9.17, 15) is 4.79 Å². The van der Waals surface area contributed by atoms with Gasteiger partial charge < -0.3 is 20.3 Å². The lowest BCUT2D eigenvalue weighted by Crippen LogP contribution is -2.39. The van der Waals surface area contributed by atoms with Crippen LogP contribution >= 0.6 is 0 Å². The third-order valence-electron chi connectivity index (χ3n) is 4.34. The van der Waals surface area contributed by atoms with Gasteiger partial charge in [-0.1, -0.05) is 26.0 Å². The van der Waals surface area contributed by atoms with Gasteiger partial charge in [-0.3, -0.25) is 4.79 Å². The maximum absolute atomic E-state index is 11.9. The third kappa shape index (κ3) is 5.84. The molecule has 0 spiro atoms. The molecule has 1 atom stereocenters. The van der Waals surface area contributed by atoms with E-state index in [0.29, 0.717) is 13.2 Å². The zero-order chi connectivity index (χ0) is 16.5. The minimum atomic E-state index is -0.0160. The summed E-state index contributed by atoms with van der Waals surface area (Å²) in [6.45, 7) is 9.57. The van der Waals surface area contributed by atoms with Crippen molar-refractivity contribution in [3.05, 3.63) is 29.8 Å². The molecule has 0 radical (unpaired) electrons. The zero-order valence-corrected chi connectivity index (χ0v) is 14.3. The fraction of sp³-hybridized carbons (Fsp3) is 0.611. The first-order chi connectivity index (χ1) is 11.2. The number of hydrogen-bond acceptors (Lipinski definition) is 4. The van der Waals surface area contributed by atoms with Gasteiger partial charge in [0.1, 0.15) is 12.4 Å². The second kappa shape index (κ2) is 9.53. The van der Waals surface area contributed by atoms with Crippen molar-refractivity contribution in [1.82, 2.24) is 15.5 Å². The van der Waals surface area contributed by atoms with Gasteiger partial charge in [0.25, 0.3) is 0 Å². The minimum Gasteiger partial charge on any atom is -0.492 e. The molecule has 5 nitrogen and oxygen atoms in total. The van der Waals surface area contributed by atoms with Crippen molar-refractivity contribution in [3.8, 4) is 5.75 Å². The van der Waals surface area contributed by atoms with Crippen molar-refractivity contribution in [2.75, 3.05) is 32.8 Å². The summed E-state index contributed by atoms with van der Waals surface area (Å²) < 4.78 is 5.76. The number of carbonyl (C=O) groups is 1. The Bertz CT molecular complexity index is 466. The second-order valence-corrected chi connectivity index (χ2v) is 5.89. The standard InChI is InChI=1S/C18H29N3O2/c1-3-21(4-2)12-13-23-16-9-7-15(8-10-16)14-20-18(22)17-6-5-11-19-17/h7-10,17,19H,3-6,11-14H2,1-2H3,(H,20,22). The highest BCUT2D eigenvalue weighted by Gasteiger charge is 2.21. The largest absolute Gasteiger partial charge is 0.492 e. The number of rotatable bonds is 9. The fourth-order valence-corrected chi connectivity index (χ4v) is 2.76. The average molecular weight is 319 g/mol. The molecule has 0 saturated carbocycles. The number of benzene rings is 1. The Labute approximate surface area is 139 Å². The highest BCUT2D eigenvalue weighted by atomic mass is 16.5. The molecule has 5 heteroatoms. The number of likely N-dealkylation sites (N-methyl/N-ethyl adjacent to an activating group) is 1. The number of nitrogens with zero attached hydrogens (tertiary/aromatic N) is 1. The van der Waals surface area contributed by atoms with E-state index < -0.39 is 0 Å². The van der Waals surface area contributed by atoms with E-state index in [2.05, 4.69) is 29.4 Å². The summed E-state index contributed by atoms with van der Waals surface area (Å²) in [6.07, 6.45) is 2.02. The lowest BCUT2D eigenvalue weighted by molar-refractivity contribution is -0.122. The SMILES string of the molecule is CCN(CC)CCOc1ccc(CNC(=O)C2CCCN2)cc1. The van der Waals surface area contributed by atoms with Crippen LogP contribution in [0.2, 0.25) is 0 Å². The Balaban J connectivity index is 1.70. The van der Waals surface area contributed by atoms with Crippen LogP contribution in [-0.2, 0) is 11.3 Å². The van der Waals surface area contributed by atoms with E-state index >= 15 is 0 Å². The van der Waals surface area contributed by atoms with Crippen LogP contribution in [0, 0.1) is 0 Å². The summed E-state index contributed by atoms with van der Waals surface area (Å²) in [7, 11) is 0. The second-order valence-electron chi connectivity index (χ2n) is 5.89. The van der Waals surface area contributed by atoms with E-state index in [1.54, 1.807) is 0 Å². The Morgan fingerprint density at radius 3 is 2.65 bits per heavy atom. The maximum atomic E-state index is 11.9. The van der Waals surface area contributed by atoms with Gasteiger partial charge in [-0.15, -0.1) is 0 Å². The van der Waals surface area contributed by atoms with Gasteiger partial charge in [-0.05, 0) is 50.2 Å². The summed E-state index contributed by atoms with van der Waals surface area (Å²) in [6, 6.07) is 7.94. The minimum absolute atomic E-state index is 0.0160. The third-order valence-corrected chi connectivity index (χ3v) is 4.34. The summed E-state index contributed by atoms with van der Waals surface area (Å²) in [5, 5.41) is 6.19. The monoisotopic (exact) mass is 319 g/mol. The van der Waals surface area contributed by atoms with Crippen LogP contribution in [0.3, 0.4) is 0 Å². The Kier molecular flexibility index (Phi) is 7.36. The molecule has 2 N–H and O–H groups in total. The van der Waals surface area contributed by atoms with E-state index in [1.165, 1.54) is 0 Å². The van der Waals surface area contributed by atoms with Crippen molar-refractivity contribution in [2.24, 2.45) is 0 Å². The van der Waals surface area contributed by atoms with Crippen LogP contribution in [0.5, 0.6) is 5.75 Å². The molecule has 2 rings (SSSR count). The van der Waals surface area contributed by atoms with Gasteiger partial charge >= 0.3 is 0 Å². The van der Waals surface area contributed by atoms with Gasteiger partial charge in [-0.2, -0.15) is 0 Å². The van der Waals surface area contributed by atoms with Crippen LogP contribution in [-0.4, -0.2) is 49.6 Å². The van der Waals surface area contributed by atoms with Gasteiger partial charge in [-0.25, -0.2) is 0 Å². The molecule has 0 aromatic heterocycles. The topological polar surface area (TPSA) is 53.6 Å². The summed E-state index contributed by atoms with van der Waals surface area (Å²) in [5.74, 6) is 0.978. The van der Waals surface area contributed by atoms with Crippen LogP contribution in [0.1, 0.15) is 32.3 Å². The van der Waals surface area contributed by atoms with E-state index in [0.717, 1.165) is 50.3 Å². The average Bonchev–Trinajstić information content (AvgIpc) is 3.12. The van der Waals surface area contributed by atoms with Gasteiger partial charge in [0.15, 0.2) is 0 Å². The number of nitrogens with one attached hydrogen (secondary N) is 2. The molecule has 1 unspecified atom stereocenters. The molecule has 1 heterocycles. The summed E-state index contributed by atoms with van der Waals surface area (Å²) in [5.41, 5.74) is 1.09. The van der Waals surface area contributed by atoms with Crippen molar-refractivity contribution in [2.45, 2.75) is 39.3 Å². The molecule has 128 valence electrons. The van der Waals surface area contributed by atoms with E-state index in [4.69, 9.17) is 4.74 Å². The van der Waals surface area contributed by atoms with E-state index in [-0.39, 0.29) is 11.9 Å². The fourth-order valence-electron chi connectivity index (χ4n) is 2.76. The molecular formula is C18H29N3O2. The molecule has 1 fully saturated rings. The van der Waals surface area contributed by atoms with Gasteiger partial charge in [0.2, 0.25) is 5.91 Å². The van der Waals surface area contributed by atoms with Crippen molar-refractivity contribution >= 4 is 5.91 Å². The van der Waals surface area contributed by atoms with Crippen molar-refractivity contribution in [3.63, 3.8) is 0 Å². The summed E-state index contributed by atoms with van der Waals surface area (Å²) >= 11 is 0. The number of amides is 1. The first-order valence-electron chi connectivity index (χ1n) is 8.68. The molecule has 1 saturated heterocycles. The predicted octanol–water partition coefficient (Wildman–Crippen LogP) is 1.78. The van der Waals surface area contributed by atoms with E-state index in [1.807, 2.05) is 24.3 Å². The lowest BCUT2D eigenvalue weighted by Gasteiger charge is -2.18. The maximum Gasteiger partial charge on any atom is 0.237 e. The Morgan fingerprint density at radius 1 is 1.30 bits per heavy atom. The van der Waals surface area contributed by atoms with Crippen LogP contribution < -0.4 is 15.4 Å².